The fourth-order valence-electron chi connectivity index (χ4n) is 3.10. The van der Waals surface area contributed by atoms with Crippen LogP contribution in [0.3, 0.4) is 0 Å². The van der Waals surface area contributed by atoms with Crippen LogP contribution in [-0.2, 0) is 9.53 Å². The average Bonchev–Trinajstić information content (AvgIpc) is 2.79. The molecule has 0 fully saturated rings. The number of nitro groups is 1. The topological polar surface area (TPSA) is 108 Å². The number of carbonyl (C=O) groups excluding carboxylic acids is 2. The van der Waals surface area contributed by atoms with Gasteiger partial charge in [0, 0.05) is 17.3 Å². The van der Waals surface area contributed by atoms with Crippen molar-refractivity contribution in [2.45, 2.75) is 20.0 Å². The molecule has 0 radical (unpaired) electrons. The van der Waals surface area contributed by atoms with Crippen molar-refractivity contribution in [2.75, 3.05) is 12.4 Å². The van der Waals surface area contributed by atoms with Crippen molar-refractivity contribution in [3.05, 3.63) is 99.1 Å². The van der Waals surface area contributed by atoms with Gasteiger partial charge in [-0.2, -0.15) is 0 Å². The number of hydrogen-bond donors (Lipinski definition) is 1. The van der Waals surface area contributed by atoms with Gasteiger partial charge in [-0.25, -0.2) is 4.79 Å². The van der Waals surface area contributed by atoms with Crippen molar-refractivity contribution in [1.29, 1.82) is 0 Å². The number of anilines is 1. The van der Waals surface area contributed by atoms with Crippen LogP contribution in [0.5, 0.6) is 5.75 Å². The number of aryl methyl sites for hydroxylation is 2. The number of esters is 1. The molecule has 0 aliphatic carbocycles. The maximum atomic E-state index is 13.1. The first kappa shape index (κ1) is 22.5. The van der Waals surface area contributed by atoms with Crippen LogP contribution >= 0.6 is 0 Å². The summed E-state index contributed by atoms with van der Waals surface area (Å²) in [6.07, 6.45) is -1.26. The number of carbonyl (C=O) groups is 2. The predicted molar refractivity (Wildman–Crippen MR) is 119 cm³/mol. The molecule has 0 spiro atoms. The fourth-order valence-corrected chi connectivity index (χ4v) is 3.10. The molecule has 1 atom stereocenters. The van der Waals surface area contributed by atoms with Crippen molar-refractivity contribution >= 4 is 23.3 Å². The van der Waals surface area contributed by atoms with Crippen molar-refractivity contribution in [3.63, 3.8) is 0 Å². The monoisotopic (exact) mass is 434 g/mol. The van der Waals surface area contributed by atoms with Gasteiger partial charge in [0.05, 0.1) is 17.6 Å². The highest BCUT2D eigenvalue weighted by Gasteiger charge is 2.27. The van der Waals surface area contributed by atoms with E-state index in [-0.39, 0.29) is 17.0 Å². The van der Waals surface area contributed by atoms with Gasteiger partial charge in [-0.1, -0.05) is 42.5 Å². The Balaban J connectivity index is 1.91. The molecule has 8 nitrogen and oxygen atoms in total. The average molecular weight is 434 g/mol. The molecule has 3 rings (SSSR count). The minimum absolute atomic E-state index is 0.0128. The number of hydrogen-bond acceptors (Lipinski definition) is 6. The number of amides is 1. The summed E-state index contributed by atoms with van der Waals surface area (Å²) < 4.78 is 10.5. The third kappa shape index (κ3) is 5.10. The largest absolute Gasteiger partial charge is 0.490 e. The summed E-state index contributed by atoms with van der Waals surface area (Å²) in [5, 5.41) is 14.1. The normalized spacial score (nSPS) is 11.3. The lowest BCUT2D eigenvalue weighted by Crippen LogP contribution is -2.26. The van der Waals surface area contributed by atoms with Crippen LogP contribution in [0.2, 0.25) is 0 Å². The van der Waals surface area contributed by atoms with E-state index in [1.165, 1.54) is 19.2 Å². The molecule has 1 amide bonds. The third-order valence-electron chi connectivity index (χ3n) is 4.83. The van der Waals surface area contributed by atoms with E-state index >= 15 is 0 Å². The summed E-state index contributed by atoms with van der Waals surface area (Å²) in [5.74, 6) is -1.40. The first-order valence-electron chi connectivity index (χ1n) is 9.76. The maximum absolute atomic E-state index is 13.1. The number of nitro benzene ring substituents is 1. The Morgan fingerprint density at radius 2 is 1.72 bits per heavy atom. The molecule has 0 saturated carbocycles. The van der Waals surface area contributed by atoms with Gasteiger partial charge in [0.25, 0.3) is 5.91 Å². The van der Waals surface area contributed by atoms with E-state index in [9.17, 15) is 19.7 Å². The molecule has 164 valence electrons. The summed E-state index contributed by atoms with van der Waals surface area (Å²) >= 11 is 0. The van der Waals surface area contributed by atoms with E-state index < -0.39 is 22.9 Å². The molecular weight excluding hydrogens is 412 g/mol. The molecule has 3 aromatic rings. The van der Waals surface area contributed by atoms with Crippen LogP contribution in [-0.4, -0.2) is 23.9 Å². The maximum Gasteiger partial charge on any atom is 0.339 e. The number of nitrogens with zero attached hydrogens (tertiary/aromatic N) is 1. The van der Waals surface area contributed by atoms with E-state index in [0.29, 0.717) is 11.3 Å². The zero-order valence-corrected chi connectivity index (χ0v) is 17.8. The highest BCUT2D eigenvalue weighted by atomic mass is 16.6. The fraction of sp³-hybridized carbons (Fsp3) is 0.167. The van der Waals surface area contributed by atoms with E-state index in [2.05, 4.69) is 5.32 Å². The predicted octanol–water partition coefficient (Wildman–Crippen LogP) is 4.76. The number of benzene rings is 3. The third-order valence-corrected chi connectivity index (χ3v) is 4.83. The highest BCUT2D eigenvalue weighted by Crippen LogP contribution is 2.29. The Kier molecular flexibility index (Phi) is 6.84. The Morgan fingerprint density at radius 1 is 1.00 bits per heavy atom. The molecule has 32 heavy (non-hydrogen) atoms. The van der Waals surface area contributed by atoms with Crippen LogP contribution in [0.1, 0.15) is 33.2 Å². The standard InChI is InChI=1S/C24H22N2O6/c1-15-9-10-16(2)19(13-15)25-23(27)22(17-7-5-4-6-8-17)32-24(28)18-11-12-21(31-3)20(14-18)26(29)30/h4-14,22H,1-3H3,(H,25,27)/t22-/m1/s1. The number of methoxy groups -OCH3 is 1. The number of rotatable bonds is 7. The zero-order valence-electron chi connectivity index (χ0n) is 17.8. The number of ether oxygens (including phenoxy) is 2. The van der Waals surface area contributed by atoms with Crippen LogP contribution in [0.15, 0.2) is 66.7 Å². The van der Waals surface area contributed by atoms with E-state index in [1.807, 2.05) is 32.0 Å². The molecule has 0 unspecified atom stereocenters. The molecule has 1 N–H and O–H groups in total. The Morgan fingerprint density at radius 3 is 2.38 bits per heavy atom. The summed E-state index contributed by atoms with van der Waals surface area (Å²) in [4.78, 5) is 36.5. The second-order valence-corrected chi connectivity index (χ2v) is 7.15. The SMILES string of the molecule is COc1ccc(C(=O)O[C@@H](C(=O)Nc2cc(C)ccc2C)c2ccccc2)cc1[N+](=O)[O-]. The van der Waals surface area contributed by atoms with E-state index in [0.717, 1.165) is 17.2 Å². The van der Waals surface area contributed by atoms with Crippen molar-refractivity contribution < 1.29 is 24.0 Å². The first-order valence-corrected chi connectivity index (χ1v) is 9.76. The molecular formula is C24H22N2O6. The van der Waals surface area contributed by atoms with E-state index in [1.54, 1.807) is 30.3 Å². The lowest BCUT2D eigenvalue weighted by molar-refractivity contribution is -0.385. The quantitative estimate of drug-likeness (QED) is 0.326. The van der Waals surface area contributed by atoms with Crippen molar-refractivity contribution in [2.24, 2.45) is 0 Å². The van der Waals surface area contributed by atoms with Gasteiger partial charge in [0.15, 0.2) is 5.75 Å². The molecule has 0 aromatic heterocycles. The Bertz CT molecular complexity index is 1160. The zero-order chi connectivity index (χ0) is 23.3. The lowest BCUT2D eigenvalue weighted by atomic mass is 10.1. The van der Waals surface area contributed by atoms with Crippen molar-refractivity contribution in [1.82, 2.24) is 0 Å². The summed E-state index contributed by atoms with van der Waals surface area (Å²) in [7, 11) is 1.30. The van der Waals surface area contributed by atoms with Crippen LogP contribution in [0, 0.1) is 24.0 Å². The van der Waals surface area contributed by atoms with Gasteiger partial charge in [0.2, 0.25) is 6.10 Å². The summed E-state index contributed by atoms with van der Waals surface area (Å²) in [6.45, 7) is 3.76. The Hall–Kier alpha value is -4.20. The van der Waals surface area contributed by atoms with Gasteiger partial charge in [-0.3, -0.25) is 14.9 Å². The summed E-state index contributed by atoms with van der Waals surface area (Å²) in [5.41, 5.74) is 2.44. The molecule has 0 heterocycles. The van der Waals surface area contributed by atoms with Gasteiger partial charge in [-0.15, -0.1) is 0 Å². The van der Waals surface area contributed by atoms with Crippen LogP contribution in [0.25, 0.3) is 0 Å². The number of nitrogens with one attached hydrogen (secondary N) is 1. The van der Waals surface area contributed by atoms with Gasteiger partial charge in [-0.05, 0) is 43.2 Å². The smallest absolute Gasteiger partial charge is 0.339 e. The second-order valence-electron chi connectivity index (χ2n) is 7.15. The first-order chi connectivity index (χ1) is 15.3. The van der Waals surface area contributed by atoms with Crippen molar-refractivity contribution in [3.8, 4) is 5.75 Å². The molecule has 0 aliphatic rings. The van der Waals surface area contributed by atoms with Crippen LogP contribution < -0.4 is 10.1 Å². The van der Waals surface area contributed by atoms with Crippen LogP contribution in [0.4, 0.5) is 11.4 Å². The van der Waals surface area contributed by atoms with Gasteiger partial charge >= 0.3 is 11.7 Å². The minimum Gasteiger partial charge on any atom is -0.490 e. The second kappa shape index (κ2) is 9.74. The molecule has 0 bridgehead atoms. The molecule has 3 aromatic carbocycles. The molecule has 0 saturated heterocycles. The lowest BCUT2D eigenvalue weighted by Gasteiger charge is -2.19. The van der Waals surface area contributed by atoms with Gasteiger partial charge < -0.3 is 14.8 Å². The molecule has 0 aliphatic heterocycles. The van der Waals surface area contributed by atoms with E-state index in [4.69, 9.17) is 9.47 Å². The minimum atomic E-state index is -1.26. The highest BCUT2D eigenvalue weighted by molar-refractivity contribution is 5.98. The molecule has 8 heteroatoms. The van der Waals surface area contributed by atoms with Gasteiger partial charge in [0.1, 0.15) is 0 Å². The Labute approximate surface area is 184 Å². The summed E-state index contributed by atoms with van der Waals surface area (Å²) in [6, 6.07) is 17.9.